The molecule has 0 fully saturated rings. The number of benzene rings is 2. The quantitative estimate of drug-likeness (QED) is 0.677. The maximum absolute atomic E-state index is 12.5. The minimum atomic E-state index is -2.89. The highest BCUT2D eigenvalue weighted by Gasteiger charge is 2.19. The van der Waals surface area contributed by atoms with Crippen molar-refractivity contribution in [3.05, 3.63) is 64.9 Å². The van der Waals surface area contributed by atoms with Crippen molar-refractivity contribution in [2.24, 2.45) is 0 Å². The van der Waals surface area contributed by atoms with Crippen LogP contribution in [0, 0.1) is 0 Å². The number of aromatic nitrogens is 3. The molecular formula is C18H15ClF2N4O2. The maximum Gasteiger partial charge on any atom is 0.387 e. The predicted molar refractivity (Wildman–Crippen MR) is 96.8 cm³/mol. The Morgan fingerprint density at radius 1 is 1.19 bits per heavy atom. The van der Waals surface area contributed by atoms with E-state index < -0.39 is 12.5 Å². The molecule has 27 heavy (non-hydrogen) atoms. The van der Waals surface area contributed by atoms with Gasteiger partial charge in [-0.1, -0.05) is 23.7 Å². The third-order valence-corrected chi connectivity index (χ3v) is 3.97. The molecule has 3 rings (SSSR count). The van der Waals surface area contributed by atoms with Gasteiger partial charge >= 0.3 is 6.61 Å². The number of hydrogen-bond donors (Lipinski definition) is 1. The number of ether oxygens (including phenoxy) is 1. The third kappa shape index (κ3) is 4.40. The standard InChI is InChI=1S/C18H15ClF2N4O2/c1-2-15-16(17(26)22-12-5-3-11(19)4-6-12)23-24-25(15)13-7-9-14(10-8-13)27-18(20)21/h3-10,18H,2H2,1H3,(H,22,26). The molecule has 0 bridgehead atoms. The molecule has 0 saturated heterocycles. The van der Waals surface area contributed by atoms with E-state index >= 15 is 0 Å². The number of amides is 1. The van der Waals surface area contributed by atoms with Gasteiger partial charge in [-0.15, -0.1) is 5.10 Å². The van der Waals surface area contributed by atoms with Gasteiger partial charge in [0.2, 0.25) is 0 Å². The lowest BCUT2D eigenvalue weighted by atomic mass is 10.2. The minimum absolute atomic E-state index is 0.0348. The lowest BCUT2D eigenvalue weighted by Gasteiger charge is -2.08. The Labute approximate surface area is 158 Å². The van der Waals surface area contributed by atoms with Crippen LogP contribution >= 0.6 is 11.6 Å². The number of anilines is 1. The summed E-state index contributed by atoms with van der Waals surface area (Å²) in [6, 6.07) is 12.6. The van der Waals surface area contributed by atoms with E-state index in [1.165, 1.54) is 16.8 Å². The summed E-state index contributed by atoms with van der Waals surface area (Å²) in [6.07, 6.45) is 0.492. The highest BCUT2D eigenvalue weighted by molar-refractivity contribution is 6.30. The second-order valence-electron chi connectivity index (χ2n) is 5.48. The molecule has 1 amide bonds. The van der Waals surface area contributed by atoms with Crippen molar-refractivity contribution in [1.82, 2.24) is 15.0 Å². The summed E-state index contributed by atoms with van der Waals surface area (Å²) in [6.45, 7) is -1.03. The van der Waals surface area contributed by atoms with E-state index in [9.17, 15) is 13.6 Å². The molecular weight excluding hydrogens is 378 g/mol. The molecule has 0 aliphatic rings. The van der Waals surface area contributed by atoms with Crippen LogP contribution in [0.1, 0.15) is 23.1 Å². The second-order valence-corrected chi connectivity index (χ2v) is 5.92. The molecule has 3 aromatic rings. The van der Waals surface area contributed by atoms with Gasteiger partial charge in [0.15, 0.2) is 5.69 Å². The highest BCUT2D eigenvalue weighted by atomic mass is 35.5. The van der Waals surface area contributed by atoms with Crippen LogP contribution < -0.4 is 10.1 Å². The smallest absolute Gasteiger partial charge is 0.387 e. The summed E-state index contributed by atoms with van der Waals surface area (Å²) in [4.78, 5) is 12.5. The molecule has 2 aromatic carbocycles. The summed E-state index contributed by atoms with van der Waals surface area (Å²) >= 11 is 5.83. The molecule has 1 aromatic heterocycles. The van der Waals surface area contributed by atoms with Gasteiger partial charge in [0.05, 0.1) is 11.4 Å². The fourth-order valence-electron chi connectivity index (χ4n) is 2.49. The van der Waals surface area contributed by atoms with Gasteiger partial charge in [0.1, 0.15) is 5.75 Å². The van der Waals surface area contributed by atoms with Gasteiger partial charge < -0.3 is 10.1 Å². The number of alkyl halides is 2. The monoisotopic (exact) mass is 392 g/mol. The fraction of sp³-hybridized carbons (Fsp3) is 0.167. The average molecular weight is 393 g/mol. The minimum Gasteiger partial charge on any atom is -0.435 e. The number of nitrogens with zero attached hydrogens (tertiary/aromatic N) is 3. The summed E-state index contributed by atoms with van der Waals surface area (Å²) in [5.74, 6) is -0.370. The van der Waals surface area contributed by atoms with Crippen LogP contribution in [-0.2, 0) is 6.42 Å². The maximum atomic E-state index is 12.5. The molecule has 0 aliphatic heterocycles. The van der Waals surface area contributed by atoms with E-state index in [1.807, 2.05) is 6.92 Å². The first-order valence-corrected chi connectivity index (χ1v) is 8.42. The summed E-state index contributed by atoms with van der Waals surface area (Å²) in [5.41, 5.74) is 1.92. The van der Waals surface area contributed by atoms with Crippen molar-refractivity contribution in [3.63, 3.8) is 0 Å². The normalized spacial score (nSPS) is 10.9. The third-order valence-electron chi connectivity index (χ3n) is 3.72. The molecule has 0 aliphatic carbocycles. The van der Waals surface area contributed by atoms with Crippen molar-refractivity contribution in [2.75, 3.05) is 5.32 Å². The van der Waals surface area contributed by atoms with Crippen LogP contribution in [0.25, 0.3) is 5.69 Å². The lowest BCUT2D eigenvalue weighted by Crippen LogP contribution is -2.15. The zero-order valence-electron chi connectivity index (χ0n) is 14.2. The van der Waals surface area contributed by atoms with Gasteiger partial charge in [-0.05, 0) is 55.0 Å². The molecule has 140 valence electrons. The van der Waals surface area contributed by atoms with Crippen molar-refractivity contribution in [3.8, 4) is 11.4 Å². The van der Waals surface area contributed by atoms with E-state index in [0.29, 0.717) is 28.5 Å². The Hall–Kier alpha value is -3.00. The zero-order valence-corrected chi connectivity index (χ0v) is 15.0. The van der Waals surface area contributed by atoms with E-state index in [2.05, 4.69) is 20.4 Å². The molecule has 1 N–H and O–H groups in total. The van der Waals surface area contributed by atoms with E-state index in [0.717, 1.165) is 0 Å². The van der Waals surface area contributed by atoms with Gasteiger partial charge in [0, 0.05) is 10.7 Å². The predicted octanol–water partition coefficient (Wildman–Crippen LogP) is 4.34. The first kappa shape index (κ1) is 18.8. The number of rotatable bonds is 6. The van der Waals surface area contributed by atoms with E-state index in [1.54, 1.807) is 36.4 Å². The Morgan fingerprint density at radius 3 is 2.44 bits per heavy atom. The molecule has 6 nitrogen and oxygen atoms in total. The van der Waals surface area contributed by atoms with Gasteiger partial charge in [-0.25, -0.2) is 4.68 Å². The Morgan fingerprint density at radius 2 is 1.85 bits per heavy atom. The molecule has 0 unspecified atom stereocenters. The SMILES string of the molecule is CCc1c(C(=O)Nc2ccc(Cl)cc2)nnn1-c1ccc(OC(F)F)cc1. The van der Waals surface area contributed by atoms with E-state index in [4.69, 9.17) is 11.6 Å². The zero-order chi connectivity index (χ0) is 19.4. The Kier molecular flexibility index (Phi) is 5.66. The van der Waals surface area contributed by atoms with Gasteiger partial charge in [-0.3, -0.25) is 4.79 Å². The van der Waals surface area contributed by atoms with Crippen molar-refractivity contribution in [2.45, 2.75) is 20.0 Å². The first-order chi connectivity index (χ1) is 13.0. The van der Waals surface area contributed by atoms with Crippen LogP contribution in [0.2, 0.25) is 5.02 Å². The number of carbonyl (C=O) groups is 1. The van der Waals surface area contributed by atoms with Crippen LogP contribution in [0.15, 0.2) is 48.5 Å². The molecule has 0 radical (unpaired) electrons. The van der Waals surface area contributed by atoms with Crippen LogP contribution in [-0.4, -0.2) is 27.5 Å². The summed E-state index contributed by atoms with van der Waals surface area (Å²) in [7, 11) is 0. The number of nitrogens with one attached hydrogen (secondary N) is 1. The molecule has 9 heteroatoms. The summed E-state index contributed by atoms with van der Waals surface area (Å²) < 4.78 is 30.3. The Bertz CT molecular complexity index is 928. The average Bonchev–Trinajstić information content (AvgIpc) is 3.08. The van der Waals surface area contributed by atoms with Crippen molar-refractivity contribution >= 4 is 23.2 Å². The van der Waals surface area contributed by atoms with Crippen LogP contribution in [0.5, 0.6) is 5.75 Å². The lowest BCUT2D eigenvalue weighted by molar-refractivity contribution is -0.0498. The van der Waals surface area contributed by atoms with Crippen molar-refractivity contribution in [1.29, 1.82) is 0 Å². The second kappa shape index (κ2) is 8.13. The first-order valence-electron chi connectivity index (χ1n) is 8.04. The number of carbonyl (C=O) groups excluding carboxylic acids is 1. The number of hydrogen-bond acceptors (Lipinski definition) is 4. The molecule has 0 spiro atoms. The van der Waals surface area contributed by atoms with Crippen LogP contribution in [0.4, 0.5) is 14.5 Å². The van der Waals surface area contributed by atoms with Gasteiger partial charge in [-0.2, -0.15) is 8.78 Å². The highest BCUT2D eigenvalue weighted by Crippen LogP contribution is 2.20. The number of halogens is 3. The summed E-state index contributed by atoms with van der Waals surface area (Å²) in [5, 5.41) is 11.3. The molecule has 1 heterocycles. The van der Waals surface area contributed by atoms with Gasteiger partial charge in [0.25, 0.3) is 5.91 Å². The van der Waals surface area contributed by atoms with Crippen LogP contribution in [0.3, 0.4) is 0 Å². The Balaban J connectivity index is 1.83. The fourth-order valence-corrected chi connectivity index (χ4v) is 2.62. The van der Waals surface area contributed by atoms with Crippen molar-refractivity contribution < 1.29 is 18.3 Å². The largest absolute Gasteiger partial charge is 0.435 e. The van der Waals surface area contributed by atoms with E-state index in [-0.39, 0.29) is 11.4 Å². The molecule has 0 saturated carbocycles. The molecule has 0 atom stereocenters. The topological polar surface area (TPSA) is 69.0 Å².